The van der Waals surface area contributed by atoms with Gasteiger partial charge in [-0.1, -0.05) is 9.97 Å². The van der Waals surface area contributed by atoms with E-state index in [0.29, 0.717) is 0 Å². The predicted octanol–water partition coefficient (Wildman–Crippen LogP) is -1.30. The number of rotatable bonds is 1. The fourth-order valence-electron chi connectivity index (χ4n) is 0.785. The fraction of sp³-hybridized carbons (Fsp3) is 0. The van der Waals surface area contributed by atoms with Gasteiger partial charge in [-0.15, -0.1) is 0 Å². The first-order chi connectivity index (χ1) is 5.82. The van der Waals surface area contributed by atoms with E-state index in [0.717, 1.165) is 0 Å². The average molecular weight is 194 g/mol. The minimum atomic E-state index is -5.38. The predicted molar refractivity (Wildman–Crippen MR) is 39.9 cm³/mol. The Morgan fingerprint density at radius 2 is 1.38 bits per heavy atom. The Morgan fingerprint density at radius 1 is 1.00 bits per heavy atom. The van der Waals surface area contributed by atoms with Crippen LogP contribution in [-0.2, 0) is 0 Å². The molecule has 6 N–H and O–H groups in total. The lowest BCUT2D eigenvalue weighted by Crippen LogP contribution is -2.59. The fourth-order valence-corrected chi connectivity index (χ4v) is 0.785. The second-order valence-electron chi connectivity index (χ2n) is 2.21. The van der Waals surface area contributed by atoms with E-state index in [4.69, 9.17) is 17.2 Å². The van der Waals surface area contributed by atoms with Crippen LogP contribution in [0.4, 0.5) is 30.8 Å². The van der Waals surface area contributed by atoms with Crippen LogP contribution in [0, 0.1) is 0 Å². The lowest BCUT2D eigenvalue weighted by Gasteiger charge is -2.16. The molecule has 13 heavy (non-hydrogen) atoms. The number of aromatic nitrogens is 3. The molecule has 0 aliphatic rings. The quantitative estimate of drug-likeness (QED) is 0.481. The molecular weight excluding hydrogens is 188 g/mol. The molecule has 0 spiro atoms. The summed E-state index contributed by atoms with van der Waals surface area (Å²) in [6, 6.07) is 0. The van der Waals surface area contributed by atoms with E-state index in [1.54, 1.807) is 0 Å². The largest absolute Gasteiger partial charge is 0.652 e. The molecule has 0 atom stereocenters. The van der Waals surface area contributed by atoms with Gasteiger partial charge in [-0.05, 0) is 0 Å². The van der Waals surface area contributed by atoms with Gasteiger partial charge in [-0.2, -0.15) is 0 Å². The van der Waals surface area contributed by atoms with E-state index in [1.807, 2.05) is 0 Å². The van der Waals surface area contributed by atoms with Crippen LogP contribution in [0.25, 0.3) is 0 Å². The summed E-state index contributed by atoms with van der Waals surface area (Å²) >= 11 is 0. The summed E-state index contributed by atoms with van der Waals surface area (Å²) in [6.07, 6.45) is 0. The van der Waals surface area contributed by atoms with E-state index < -0.39 is 25.0 Å². The molecule has 0 radical (unpaired) electrons. The molecule has 0 saturated carbocycles. The van der Waals surface area contributed by atoms with Crippen molar-refractivity contribution in [1.29, 1.82) is 0 Å². The van der Waals surface area contributed by atoms with Crippen molar-refractivity contribution in [2.45, 2.75) is 0 Å². The molecule has 0 unspecified atom stereocenters. The third kappa shape index (κ3) is 1.71. The maximum absolute atomic E-state index is 12.2. The Morgan fingerprint density at radius 3 is 1.69 bits per heavy atom. The lowest BCUT2D eigenvalue weighted by atomic mass is 10.1. The molecule has 72 valence electrons. The van der Waals surface area contributed by atoms with Gasteiger partial charge in [-0.25, -0.2) is 0 Å². The molecule has 1 rings (SSSR count). The van der Waals surface area contributed by atoms with E-state index in [1.165, 1.54) is 0 Å². The molecule has 6 nitrogen and oxygen atoms in total. The monoisotopic (exact) mass is 194 g/mol. The molecule has 0 saturated heterocycles. The maximum Gasteiger partial charge on any atom is 0.652 e. The van der Waals surface area contributed by atoms with Crippen LogP contribution < -0.4 is 21.7 Å². The molecule has 0 bridgehead atoms. The molecule has 1 aromatic rings. The third-order valence-corrected chi connectivity index (χ3v) is 1.24. The lowest BCUT2D eigenvalue weighted by molar-refractivity contribution is -0.550. The minimum Gasteiger partial charge on any atom is -0.419 e. The molecule has 0 aliphatic heterocycles. The zero-order chi connectivity index (χ0) is 10.2. The van der Waals surface area contributed by atoms with Crippen LogP contribution in [-0.4, -0.2) is 17.1 Å². The first-order valence-corrected chi connectivity index (χ1v) is 3.12. The summed E-state index contributed by atoms with van der Waals surface area (Å²) in [7, 11) is -5.38. The van der Waals surface area contributed by atoms with Crippen molar-refractivity contribution in [1.82, 2.24) is 9.97 Å². The van der Waals surface area contributed by atoms with Crippen molar-refractivity contribution >= 4 is 25.0 Å². The zero-order valence-corrected chi connectivity index (χ0v) is 6.28. The number of hydrogen-bond acceptors (Lipinski definition) is 5. The van der Waals surface area contributed by atoms with E-state index in [9.17, 15) is 12.9 Å². The van der Waals surface area contributed by atoms with Crippen molar-refractivity contribution in [2.24, 2.45) is 0 Å². The Hall–Kier alpha value is -1.74. The molecular formula is C3H6BF3N6. The molecule has 1 aromatic heterocycles. The number of halogens is 3. The number of nitrogen functional groups attached to an aromatic ring is 3. The molecule has 0 fully saturated rings. The topological polar surface area (TPSA) is 108 Å². The summed E-state index contributed by atoms with van der Waals surface area (Å²) in [5.74, 6) is -2.04. The highest BCUT2D eigenvalue weighted by Gasteiger charge is 2.36. The molecule has 0 amide bonds. The smallest absolute Gasteiger partial charge is 0.419 e. The first kappa shape index (κ1) is 9.35. The van der Waals surface area contributed by atoms with Gasteiger partial charge in [0.2, 0.25) is 0 Å². The maximum atomic E-state index is 12.2. The van der Waals surface area contributed by atoms with Gasteiger partial charge in [0.15, 0.2) is 0 Å². The highest BCUT2D eigenvalue weighted by atomic mass is 19.4. The number of anilines is 3. The van der Waals surface area contributed by atoms with Crippen molar-refractivity contribution in [3.8, 4) is 0 Å². The summed E-state index contributed by atoms with van der Waals surface area (Å²) in [5.41, 5.74) is 14.9. The number of nitrogens with zero attached hydrogens (tertiary/aromatic N) is 3. The van der Waals surface area contributed by atoms with Gasteiger partial charge < -0.3 is 34.6 Å². The summed E-state index contributed by atoms with van der Waals surface area (Å²) < 4.78 is 36.2. The van der Waals surface area contributed by atoms with Crippen LogP contribution in [0.3, 0.4) is 0 Å². The minimum absolute atomic E-state index is 0.309. The normalized spacial score (nSPS) is 11.6. The van der Waals surface area contributed by atoms with Crippen LogP contribution >= 0.6 is 0 Å². The Bertz CT molecular complexity index is 313. The van der Waals surface area contributed by atoms with Crippen LogP contribution in [0.5, 0.6) is 0 Å². The average Bonchev–Trinajstić information content (AvgIpc) is 1.78. The van der Waals surface area contributed by atoms with Gasteiger partial charge in [0, 0.05) is 0 Å². The highest BCUT2D eigenvalue weighted by molar-refractivity contribution is 6.49. The van der Waals surface area contributed by atoms with E-state index in [2.05, 4.69) is 9.97 Å². The van der Waals surface area contributed by atoms with Gasteiger partial charge in [0.05, 0.1) is 0 Å². The van der Waals surface area contributed by atoms with Gasteiger partial charge >= 0.3 is 13.1 Å². The van der Waals surface area contributed by atoms with E-state index in [-0.39, 0.29) is 4.48 Å². The van der Waals surface area contributed by atoms with Crippen LogP contribution in [0.1, 0.15) is 0 Å². The standard InChI is InChI=1S/C3H6BF3N6/c5-4(6,7)13-2(9)11-1(8)12-3(13)10/h(H6,8,9,10,11,12). The van der Waals surface area contributed by atoms with E-state index >= 15 is 0 Å². The van der Waals surface area contributed by atoms with Crippen molar-refractivity contribution in [2.75, 3.05) is 17.2 Å². The van der Waals surface area contributed by atoms with Gasteiger partial charge in [-0.3, -0.25) is 0 Å². The van der Waals surface area contributed by atoms with Crippen molar-refractivity contribution in [3.05, 3.63) is 0 Å². The number of hydrogen-bond donors (Lipinski definition) is 3. The van der Waals surface area contributed by atoms with Crippen LogP contribution in [0.15, 0.2) is 0 Å². The number of nitrogens with two attached hydrogens (primary N) is 3. The first-order valence-electron chi connectivity index (χ1n) is 3.12. The van der Waals surface area contributed by atoms with Gasteiger partial charge in [0.1, 0.15) is 0 Å². The summed E-state index contributed by atoms with van der Waals surface area (Å²) in [6.45, 7) is 0. The van der Waals surface area contributed by atoms with Gasteiger partial charge in [0.25, 0.3) is 11.9 Å². The molecule has 0 aliphatic carbocycles. The molecule has 1 heterocycles. The highest BCUT2D eigenvalue weighted by Crippen LogP contribution is 2.08. The Balaban J connectivity index is 3.38. The zero-order valence-electron chi connectivity index (χ0n) is 6.28. The summed E-state index contributed by atoms with van der Waals surface area (Å²) in [4.78, 5) is 6.25. The second kappa shape index (κ2) is 2.64. The van der Waals surface area contributed by atoms with Crippen molar-refractivity contribution in [3.63, 3.8) is 0 Å². The Kier molecular flexibility index (Phi) is 1.90. The summed E-state index contributed by atoms with van der Waals surface area (Å²) in [5, 5.41) is 0. The van der Waals surface area contributed by atoms with Crippen molar-refractivity contribution < 1.29 is 17.4 Å². The SMILES string of the molecule is Nc1nc(N)[n+]([B-](F)(F)F)c(N)n1. The second-order valence-corrected chi connectivity index (χ2v) is 2.21. The third-order valence-electron chi connectivity index (χ3n) is 1.24. The Labute approximate surface area is 70.6 Å². The molecule has 10 heteroatoms. The van der Waals surface area contributed by atoms with Crippen LogP contribution in [0.2, 0.25) is 0 Å². The molecule has 0 aromatic carbocycles.